The molecule has 0 bridgehead atoms. The minimum Gasteiger partial charge on any atom is -0.379 e. The molecule has 2 atom stereocenters. The summed E-state index contributed by atoms with van der Waals surface area (Å²) in [6.07, 6.45) is 6.09. The molecule has 17 heavy (non-hydrogen) atoms. The highest BCUT2D eigenvalue weighted by molar-refractivity contribution is 5.92. The summed E-state index contributed by atoms with van der Waals surface area (Å²) in [5.74, 6) is -0.112. The minimum absolute atomic E-state index is 0.112. The highest BCUT2D eigenvalue weighted by Gasteiger charge is 2.26. The zero-order valence-electron chi connectivity index (χ0n) is 10.1. The lowest BCUT2D eigenvalue weighted by Crippen LogP contribution is -2.46. The number of nitrogens with one attached hydrogen (secondary N) is 1. The molecule has 0 aromatic carbocycles. The normalized spacial score (nSPS) is 24.3. The first-order chi connectivity index (χ1) is 8.31. The number of methoxy groups -OCH3 is 1. The Morgan fingerprint density at radius 3 is 2.94 bits per heavy atom. The van der Waals surface area contributed by atoms with Gasteiger partial charge in [-0.05, 0) is 25.0 Å². The molecule has 0 saturated heterocycles. The molecule has 1 aromatic rings. The van der Waals surface area contributed by atoms with E-state index in [9.17, 15) is 4.79 Å². The van der Waals surface area contributed by atoms with Crippen LogP contribution in [0.4, 0.5) is 0 Å². The Hall–Kier alpha value is -1.42. The smallest absolute Gasteiger partial charge is 0.270 e. The third-order valence-electron chi connectivity index (χ3n) is 3.22. The van der Waals surface area contributed by atoms with Crippen molar-refractivity contribution in [2.45, 2.75) is 37.8 Å². The van der Waals surface area contributed by atoms with Crippen LogP contribution in [-0.2, 0) is 4.74 Å². The molecule has 92 valence electrons. The molecule has 1 heterocycles. The number of pyridine rings is 1. The van der Waals surface area contributed by atoms with Crippen LogP contribution >= 0.6 is 0 Å². The number of rotatable bonds is 3. The molecule has 4 nitrogen and oxygen atoms in total. The Morgan fingerprint density at radius 1 is 1.41 bits per heavy atom. The molecule has 1 N–H and O–H groups in total. The predicted molar refractivity (Wildman–Crippen MR) is 64.8 cm³/mol. The third kappa shape index (κ3) is 3.03. The van der Waals surface area contributed by atoms with E-state index in [1.165, 1.54) is 6.42 Å². The number of aromatic nitrogens is 1. The Kier molecular flexibility index (Phi) is 4.09. The van der Waals surface area contributed by atoms with Crippen LogP contribution in [0.25, 0.3) is 0 Å². The van der Waals surface area contributed by atoms with E-state index in [-0.39, 0.29) is 18.1 Å². The Bertz CT molecular complexity index is 367. The SMILES string of the molecule is CO[C@@H]1CCCC[C@H]1NC(=O)c1ccccn1. The predicted octanol–water partition coefficient (Wildman–Crippen LogP) is 1.77. The van der Waals surface area contributed by atoms with Gasteiger partial charge >= 0.3 is 0 Å². The van der Waals surface area contributed by atoms with E-state index in [2.05, 4.69) is 10.3 Å². The lowest BCUT2D eigenvalue weighted by atomic mass is 9.92. The van der Waals surface area contributed by atoms with Gasteiger partial charge in [-0.25, -0.2) is 0 Å². The van der Waals surface area contributed by atoms with Crippen molar-refractivity contribution in [3.05, 3.63) is 30.1 Å². The van der Waals surface area contributed by atoms with Crippen LogP contribution in [0.1, 0.15) is 36.2 Å². The third-order valence-corrected chi connectivity index (χ3v) is 3.22. The molecule has 1 aliphatic rings. The summed E-state index contributed by atoms with van der Waals surface area (Å²) in [5.41, 5.74) is 0.466. The maximum atomic E-state index is 11.9. The van der Waals surface area contributed by atoms with Crippen molar-refractivity contribution in [3.63, 3.8) is 0 Å². The van der Waals surface area contributed by atoms with Crippen LogP contribution in [0, 0.1) is 0 Å². The number of carbonyl (C=O) groups excluding carboxylic acids is 1. The average molecular weight is 234 g/mol. The number of nitrogens with zero attached hydrogens (tertiary/aromatic N) is 1. The fourth-order valence-electron chi connectivity index (χ4n) is 2.28. The standard InChI is InChI=1S/C13H18N2O2/c1-17-12-8-3-2-6-10(12)15-13(16)11-7-4-5-9-14-11/h4-5,7,9-10,12H,2-3,6,8H2,1H3,(H,15,16)/t10-,12-/m1/s1. The van der Waals surface area contributed by atoms with Gasteiger partial charge in [0.25, 0.3) is 5.91 Å². The average Bonchev–Trinajstić information content (AvgIpc) is 2.40. The molecule has 1 aromatic heterocycles. The van der Waals surface area contributed by atoms with Crippen molar-refractivity contribution < 1.29 is 9.53 Å². The van der Waals surface area contributed by atoms with E-state index in [1.807, 2.05) is 6.07 Å². The molecule has 1 fully saturated rings. The van der Waals surface area contributed by atoms with E-state index < -0.39 is 0 Å². The summed E-state index contributed by atoms with van der Waals surface area (Å²) in [7, 11) is 1.70. The highest BCUT2D eigenvalue weighted by atomic mass is 16.5. The molecule has 0 spiro atoms. The molecule has 1 aliphatic carbocycles. The first kappa shape index (κ1) is 12.0. The second-order valence-corrected chi connectivity index (χ2v) is 4.35. The van der Waals surface area contributed by atoms with Crippen LogP contribution in [0.2, 0.25) is 0 Å². The van der Waals surface area contributed by atoms with Gasteiger partial charge in [-0.1, -0.05) is 18.9 Å². The summed E-state index contributed by atoms with van der Waals surface area (Å²) in [6.45, 7) is 0. The van der Waals surface area contributed by atoms with E-state index in [4.69, 9.17) is 4.74 Å². The maximum absolute atomic E-state index is 11.9. The van der Waals surface area contributed by atoms with E-state index in [1.54, 1.807) is 25.4 Å². The number of amides is 1. The molecular weight excluding hydrogens is 216 g/mol. The summed E-state index contributed by atoms with van der Waals surface area (Å²) >= 11 is 0. The highest BCUT2D eigenvalue weighted by Crippen LogP contribution is 2.20. The van der Waals surface area contributed by atoms with Crippen LogP contribution in [-0.4, -0.2) is 30.1 Å². The summed E-state index contributed by atoms with van der Waals surface area (Å²) in [6, 6.07) is 5.45. The second kappa shape index (κ2) is 5.77. The Morgan fingerprint density at radius 2 is 2.24 bits per heavy atom. The quantitative estimate of drug-likeness (QED) is 0.867. The van der Waals surface area contributed by atoms with Crippen molar-refractivity contribution in [1.29, 1.82) is 0 Å². The largest absolute Gasteiger partial charge is 0.379 e. The topological polar surface area (TPSA) is 51.2 Å². The number of hydrogen-bond donors (Lipinski definition) is 1. The van der Waals surface area contributed by atoms with Crippen LogP contribution in [0.5, 0.6) is 0 Å². The van der Waals surface area contributed by atoms with Gasteiger partial charge in [0.1, 0.15) is 5.69 Å². The van der Waals surface area contributed by atoms with Crippen molar-refractivity contribution >= 4 is 5.91 Å². The van der Waals surface area contributed by atoms with Crippen molar-refractivity contribution in [1.82, 2.24) is 10.3 Å². The van der Waals surface area contributed by atoms with Crippen molar-refractivity contribution in [3.8, 4) is 0 Å². The minimum atomic E-state index is -0.112. The molecule has 0 radical (unpaired) electrons. The second-order valence-electron chi connectivity index (χ2n) is 4.35. The van der Waals surface area contributed by atoms with Crippen molar-refractivity contribution in [2.24, 2.45) is 0 Å². The zero-order valence-corrected chi connectivity index (χ0v) is 10.1. The van der Waals surface area contributed by atoms with Gasteiger partial charge in [0, 0.05) is 13.3 Å². The molecule has 1 amide bonds. The molecule has 0 aliphatic heterocycles. The van der Waals surface area contributed by atoms with E-state index in [0.29, 0.717) is 5.69 Å². The summed E-state index contributed by atoms with van der Waals surface area (Å²) < 4.78 is 5.41. The van der Waals surface area contributed by atoms with Gasteiger partial charge in [0.15, 0.2) is 0 Å². The molecule has 1 saturated carbocycles. The molecule has 4 heteroatoms. The van der Waals surface area contributed by atoms with Crippen LogP contribution in [0.15, 0.2) is 24.4 Å². The lowest BCUT2D eigenvalue weighted by molar-refractivity contribution is 0.0391. The maximum Gasteiger partial charge on any atom is 0.270 e. The van der Waals surface area contributed by atoms with E-state index in [0.717, 1.165) is 19.3 Å². The Labute approximate surface area is 101 Å². The van der Waals surface area contributed by atoms with Gasteiger partial charge in [-0.3, -0.25) is 9.78 Å². The summed E-state index contributed by atoms with van der Waals surface area (Å²) in [4.78, 5) is 16.0. The zero-order chi connectivity index (χ0) is 12.1. The van der Waals surface area contributed by atoms with Gasteiger partial charge in [0.05, 0.1) is 12.1 Å². The first-order valence-electron chi connectivity index (χ1n) is 6.06. The van der Waals surface area contributed by atoms with Crippen molar-refractivity contribution in [2.75, 3.05) is 7.11 Å². The van der Waals surface area contributed by atoms with Gasteiger partial charge in [-0.15, -0.1) is 0 Å². The van der Waals surface area contributed by atoms with Gasteiger partial charge < -0.3 is 10.1 Å². The fraction of sp³-hybridized carbons (Fsp3) is 0.538. The molecule has 0 unspecified atom stereocenters. The number of ether oxygens (including phenoxy) is 1. The van der Waals surface area contributed by atoms with Crippen LogP contribution < -0.4 is 5.32 Å². The molecule has 2 rings (SSSR count). The Balaban J connectivity index is 1.98. The summed E-state index contributed by atoms with van der Waals surface area (Å²) in [5, 5.41) is 3.01. The molecular formula is C13H18N2O2. The van der Waals surface area contributed by atoms with Crippen LogP contribution in [0.3, 0.4) is 0 Å². The van der Waals surface area contributed by atoms with Gasteiger partial charge in [-0.2, -0.15) is 0 Å². The fourth-order valence-corrected chi connectivity index (χ4v) is 2.28. The number of hydrogen-bond acceptors (Lipinski definition) is 3. The first-order valence-corrected chi connectivity index (χ1v) is 6.06. The number of carbonyl (C=O) groups is 1. The van der Waals surface area contributed by atoms with E-state index >= 15 is 0 Å². The lowest BCUT2D eigenvalue weighted by Gasteiger charge is -2.30. The van der Waals surface area contributed by atoms with Gasteiger partial charge in [0.2, 0.25) is 0 Å². The monoisotopic (exact) mass is 234 g/mol.